The highest BCUT2D eigenvalue weighted by atomic mass is 16.5. The second kappa shape index (κ2) is 7.75. The summed E-state index contributed by atoms with van der Waals surface area (Å²) in [6.45, 7) is 1.08. The number of carbonyl (C=O) groups excluding carboxylic acids is 2. The molecular formula is C20H21N5O3. The van der Waals surface area contributed by atoms with E-state index in [0.717, 1.165) is 18.5 Å². The molecule has 144 valence electrons. The largest absolute Gasteiger partial charge is 0.467 e. The van der Waals surface area contributed by atoms with Crippen LogP contribution in [0.15, 0.2) is 43.0 Å². The number of likely N-dealkylation sites (tertiary alicyclic amines) is 1. The van der Waals surface area contributed by atoms with Crippen LogP contribution in [0.1, 0.15) is 35.3 Å². The molecule has 8 heteroatoms. The quantitative estimate of drug-likeness (QED) is 0.645. The number of hydrogen-bond donors (Lipinski definition) is 0. The maximum Gasteiger partial charge on any atom is 0.328 e. The van der Waals surface area contributed by atoms with Gasteiger partial charge in [-0.05, 0) is 37.5 Å². The van der Waals surface area contributed by atoms with Crippen LogP contribution < -0.4 is 0 Å². The lowest BCUT2D eigenvalue weighted by Crippen LogP contribution is -2.48. The first-order valence-electron chi connectivity index (χ1n) is 9.27. The summed E-state index contributed by atoms with van der Waals surface area (Å²) >= 11 is 0. The van der Waals surface area contributed by atoms with Crippen LogP contribution >= 0.6 is 0 Å². The van der Waals surface area contributed by atoms with Crippen LogP contribution in [0.3, 0.4) is 0 Å². The molecule has 4 heterocycles. The minimum absolute atomic E-state index is 0.219. The maximum atomic E-state index is 13.0. The number of methoxy groups -OCH3 is 1. The molecule has 1 aliphatic heterocycles. The number of hydrogen-bond acceptors (Lipinski definition) is 6. The molecule has 1 unspecified atom stereocenters. The average molecular weight is 379 g/mol. The highest BCUT2D eigenvalue weighted by Gasteiger charge is 2.33. The first-order chi connectivity index (χ1) is 13.7. The summed E-state index contributed by atoms with van der Waals surface area (Å²) in [5, 5.41) is 0. The number of pyridine rings is 2. The molecule has 0 aromatic carbocycles. The van der Waals surface area contributed by atoms with Crippen LogP contribution in [-0.4, -0.2) is 56.0 Å². The number of fused-ring (bicyclic) bond motifs is 1. The fraction of sp³-hybridized carbons (Fsp3) is 0.350. The summed E-state index contributed by atoms with van der Waals surface area (Å²) in [6, 6.07) is 6.93. The molecule has 0 aliphatic carbocycles. The summed E-state index contributed by atoms with van der Waals surface area (Å²) < 4.78 is 6.76. The van der Waals surface area contributed by atoms with Crippen molar-refractivity contribution in [2.45, 2.75) is 31.8 Å². The molecule has 1 aliphatic rings. The van der Waals surface area contributed by atoms with Crippen LogP contribution in [0.25, 0.3) is 11.2 Å². The smallest absolute Gasteiger partial charge is 0.328 e. The predicted octanol–water partition coefficient (Wildman–Crippen LogP) is 2.04. The summed E-state index contributed by atoms with van der Waals surface area (Å²) in [7, 11) is 1.35. The molecule has 0 radical (unpaired) electrons. The number of esters is 1. The normalized spacial score (nSPS) is 16.9. The second-order valence-electron chi connectivity index (χ2n) is 6.79. The average Bonchev–Trinajstić information content (AvgIpc) is 3.15. The van der Waals surface area contributed by atoms with Crippen LogP contribution in [0.5, 0.6) is 0 Å². The van der Waals surface area contributed by atoms with Crippen molar-refractivity contribution in [1.29, 1.82) is 0 Å². The standard InChI is InChI=1S/C20H21N5O3/c1-28-20(27)17-7-3-5-9-25(17)19(26)14-10-16-18(22-11-14)24(13-23-16)12-15-6-2-4-8-21-15/h2,4,6,8,10-11,13,17H,3,5,7,9,12H2,1H3. The molecule has 0 N–H and O–H groups in total. The monoisotopic (exact) mass is 379 g/mol. The van der Waals surface area contributed by atoms with Crippen LogP contribution in [-0.2, 0) is 16.1 Å². The molecule has 0 spiro atoms. The topological polar surface area (TPSA) is 90.2 Å². The number of rotatable bonds is 4. The van der Waals surface area contributed by atoms with Gasteiger partial charge in [0.25, 0.3) is 5.91 Å². The Kier molecular flexibility index (Phi) is 5.01. The number of nitrogens with zero attached hydrogens (tertiary/aromatic N) is 5. The molecule has 28 heavy (non-hydrogen) atoms. The highest BCUT2D eigenvalue weighted by molar-refractivity contribution is 5.98. The number of piperidine rings is 1. The molecule has 0 saturated carbocycles. The highest BCUT2D eigenvalue weighted by Crippen LogP contribution is 2.22. The van der Waals surface area contributed by atoms with E-state index in [9.17, 15) is 9.59 Å². The third-order valence-corrected chi connectivity index (χ3v) is 5.00. The van der Waals surface area contributed by atoms with Crippen LogP contribution in [0, 0.1) is 0 Å². The number of amides is 1. The van der Waals surface area contributed by atoms with E-state index in [4.69, 9.17) is 4.74 Å². The van der Waals surface area contributed by atoms with Crippen LogP contribution in [0.2, 0.25) is 0 Å². The Hall–Kier alpha value is -3.29. The van der Waals surface area contributed by atoms with Crippen LogP contribution in [0.4, 0.5) is 0 Å². The zero-order chi connectivity index (χ0) is 19.5. The van der Waals surface area contributed by atoms with Crippen molar-refractivity contribution in [3.05, 3.63) is 54.2 Å². The van der Waals surface area contributed by atoms with E-state index >= 15 is 0 Å². The van der Waals surface area contributed by atoms with Gasteiger partial charge in [-0.15, -0.1) is 0 Å². The fourth-order valence-corrected chi connectivity index (χ4v) is 3.57. The minimum atomic E-state index is -0.538. The van der Waals surface area contributed by atoms with Gasteiger partial charge in [-0.1, -0.05) is 6.07 Å². The SMILES string of the molecule is COC(=O)C1CCCCN1C(=O)c1cnc2c(c1)ncn2Cc1ccccn1. The Morgan fingerprint density at radius 1 is 1.21 bits per heavy atom. The van der Waals surface area contributed by atoms with Gasteiger partial charge in [0.2, 0.25) is 0 Å². The van der Waals surface area contributed by atoms with Crippen molar-refractivity contribution in [1.82, 2.24) is 24.4 Å². The summed E-state index contributed by atoms with van der Waals surface area (Å²) in [5.74, 6) is -0.592. The van der Waals surface area contributed by atoms with Gasteiger partial charge in [0.1, 0.15) is 11.6 Å². The van der Waals surface area contributed by atoms with E-state index in [1.807, 2.05) is 22.8 Å². The van der Waals surface area contributed by atoms with Gasteiger partial charge in [0, 0.05) is 18.9 Å². The van der Waals surface area contributed by atoms with E-state index in [0.29, 0.717) is 36.2 Å². The van der Waals surface area contributed by atoms with Gasteiger partial charge in [-0.3, -0.25) is 9.78 Å². The zero-order valence-electron chi connectivity index (χ0n) is 15.6. The first kappa shape index (κ1) is 18.1. The number of carbonyl (C=O) groups is 2. The molecule has 3 aromatic heterocycles. The molecule has 1 saturated heterocycles. The lowest BCUT2D eigenvalue weighted by atomic mass is 10.0. The third kappa shape index (κ3) is 3.45. The van der Waals surface area contributed by atoms with Gasteiger partial charge >= 0.3 is 5.97 Å². The molecule has 1 amide bonds. The fourth-order valence-electron chi connectivity index (χ4n) is 3.57. The Morgan fingerprint density at radius 3 is 2.89 bits per heavy atom. The Bertz CT molecular complexity index is 1000. The van der Waals surface area contributed by atoms with Gasteiger partial charge in [0.05, 0.1) is 31.2 Å². The molecule has 0 bridgehead atoms. The lowest BCUT2D eigenvalue weighted by Gasteiger charge is -2.33. The molecule has 3 aromatic rings. The van der Waals surface area contributed by atoms with Gasteiger partial charge in [-0.2, -0.15) is 0 Å². The molecule has 4 rings (SSSR count). The van der Waals surface area contributed by atoms with E-state index < -0.39 is 6.04 Å². The molecule has 1 atom stereocenters. The van der Waals surface area contributed by atoms with Crippen molar-refractivity contribution in [3.63, 3.8) is 0 Å². The summed E-state index contributed by atoms with van der Waals surface area (Å²) in [6.07, 6.45) is 7.37. The van der Waals surface area contributed by atoms with E-state index in [2.05, 4.69) is 15.0 Å². The van der Waals surface area contributed by atoms with E-state index in [-0.39, 0.29) is 11.9 Å². The van der Waals surface area contributed by atoms with E-state index in [1.54, 1.807) is 29.7 Å². The summed E-state index contributed by atoms with van der Waals surface area (Å²) in [5.41, 5.74) is 2.64. The van der Waals surface area contributed by atoms with Crippen molar-refractivity contribution >= 4 is 23.0 Å². The predicted molar refractivity (Wildman–Crippen MR) is 102 cm³/mol. The number of aromatic nitrogens is 4. The Labute approximate surface area is 162 Å². The van der Waals surface area contributed by atoms with Gasteiger partial charge in [-0.25, -0.2) is 14.8 Å². The van der Waals surface area contributed by atoms with Crippen molar-refractivity contribution in [2.75, 3.05) is 13.7 Å². The minimum Gasteiger partial charge on any atom is -0.467 e. The van der Waals surface area contributed by atoms with E-state index in [1.165, 1.54) is 7.11 Å². The zero-order valence-corrected chi connectivity index (χ0v) is 15.6. The second-order valence-corrected chi connectivity index (χ2v) is 6.79. The lowest BCUT2D eigenvalue weighted by molar-refractivity contribution is -0.147. The number of imidazole rings is 1. The van der Waals surface area contributed by atoms with Crippen molar-refractivity contribution in [2.24, 2.45) is 0 Å². The molecular weight excluding hydrogens is 358 g/mol. The Morgan fingerprint density at radius 2 is 2.11 bits per heavy atom. The Balaban J connectivity index is 1.59. The number of ether oxygens (including phenoxy) is 1. The third-order valence-electron chi connectivity index (χ3n) is 5.00. The summed E-state index contributed by atoms with van der Waals surface area (Å²) in [4.78, 5) is 39.8. The van der Waals surface area contributed by atoms with Gasteiger partial charge in [0.15, 0.2) is 5.65 Å². The van der Waals surface area contributed by atoms with Gasteiger partial charge < -0.3 is 14.2 Å². The first-order valence-corrected chi connectivity index (χ1v) is 9.27. The van der Waals surface area contributed by atoms with Crippen molar-refractivity contribution < 1.29 is 14.3 Å². The molecule has 1 fully saturated rings. The maximum absolute atomic E-state index is 13.0. The molecule has 8 nitrogen and oxygen atoms in total. The van der Waals surface area contributed by atoms with Crippen molar-refractivity contribution in [3.8, 4) is 0 Å².